The molecule has 13 heavy (non-hydrogen) atoms. The fraction of sp³-hybridized carbons (Fsp3) is 0.429. The van der Waals surface area contributed by atoms with Crippen LogP contribution in [0.3, 0.4) is 0 Å². The van der Waals surface area contributed by atoms with Crippen LogP contribution < -0.4 is 0 Å². The summed E-state index contributed by atoms with van der Waals surface area (Å²) >= 11 is 0. The fourth-order valence-corrected chi connectivity index (χ4v) is 0.549. The number of hydrogen-bond donors (Lipinski definition) is 0. The molecule has 0 N–H and O–H groups in total. The van der Waals surface area contributed by atoms with E-state index in [4.69, 9.17) is 5.26 Å². The first kappa shape index (κ1) is 11.1. The summed E-state index contributed by atoms with van der Waals surface area (Å²) in [5, 5.41) is 18.3. The number of ether oxygens (including phenoxy) is 1. The number of rotatable bonds is 4. The fourth-order valence-electron chi connectivity index (χ4n) is 0.549. The van der Waals surface area contributed by atoms with Crippen LogP contribution >= 0.6 is 0 Å². The van der Waals surface area contributed by atoms with E-state index in [0.29, 0.717) is 0 Å². The van der Waals surface area contributed by atoms with Gasteiger partial charge in [0.05, 0.1) is 6.61 Å². The Labute approximate surface area is 74.6 Å². The van der Waals surface area contributed by atoms with Crippen molar-refractivity contribution < 1.29 is 14.5 Å². The summed E-state index contributed by atoms with van der Waals surface area (Å²) in [6.45, 7) is 1.17. The molecule has 0 heterocycles. The standard InChI is InChI=1S/C7H8N2O4/c1-2-13-7(10)6(5-8)3-4-9(11)12/h3H,2,4H2,1H3. The second kappa shape index (κ2) is 5.71. The van der Waals surface area contributed by atoms with Crippen molar-refractivity contribution in [1.82, 2.24) is 0 Å². The second-order valence-electron chi connectivity index (χ2n) is 1.97. The first-order chi connectivity index (χ1) is 6.11. The molecule has 0 fully saturated rings. The maximum atomic E-state index is 10.9. The Hall–Kier alpha value is -1.90. The largest absolute Gasteiger partial charge is 0.462 e. The zero-order valence-electron chi connectivity index (χ0n) is 7.02. The van der Waals surface area contributed by atoms with Crippen LogP contribution in [0.1, 0.15) is 6.92 Å². The highest BCUT2D eigenvalue weighted by Crippen LogP contribution is 1.96. The molecule has 0 spiro atoms. The molecular formula is C7H8N2O4. The van der Waals surface area contributed by atoms with Crippen molar-refractivity contribution in [2.75, 3.05) is 13.2 Å². The molecule has 0 amide bonds. The highest BCUT2D eigenvalue weighted by molar-refractivity contribution is 5.92. The summed E-state index contributed by atoms with van der Waals surface area (Å²) in [7, 11) is 0. The molecule has 0 aromatic carbocycles. The van der Waals surface area contributed by atoms with Crippen molar-refractivity contribution in [3.63, 3.8) is 0 Å². The summed E-state index contributed by atoms with van der Waals surface area (Å²) in [6.07, 6.45) is 0.929. The minimum absolute atomic E-state index is 0.135. The van der Waals surface area contributed by atoms with Gasteiger partial charge in [-0.1, -0.05) is 0 Å². The average Bonchev–Trinajstić information content (AvgIpc) is 2.05. The lowest BCUT2D eigenvalue weighted by atomic mass is 10.3. The van der Waals surface area contributed by atoms with Crippen molar-refractivity contribution in [3.8, 4) is 6.07 Å². The predicted molar refractivity (Wildman–Crippen MR) is 42.2 cm³/mol. The van der Waals surface area contributed by atoms with Crippen molar-refractivity contribution in [3.05, 3.63) is 21.8 Å². The lowest BCUT2D eigenvalue weighted by Crippen LogP contribution is -2.08. The van der Waals surface area contributed by atoms with Gasteiger partial charge in [0, 0.05) is 11.0 Å². The van der Waals surface area contributed by atoms with Gasteiger partial charge in [0.2, 0.25) is 6.54 Å². The van der Waals surface area contributed by atoms with Crippen molar-refractivity contribution >= 4 is 5.97 Å². The molecule has 0 atom stereocenters. The Morgan fingerprint density at radius 3 is 2.77 bits per heavy atom. The number of carbonyl (C=O) groups is 1. The number of nitro groups is 1. The molecule has 6 heteroatoms. The van der Waals surface area contributed by atoms with Crippen molar-refractivity contribution in [1.29, 1.82) is 5.26 Å². The molecule has 0 aliphatic rings. The molecular weight excluding hydrogens is 176 g/mol. The van der Waals surface area contributed by atoms with Gasteiger partial charge in [-0.3, -0.25) is 10.1 Å². The number of esters is 1. The van der Waals surface area contributed by atoms with Gasteiger partial charge in [0.25, 0.3) is 0 Å². The van der Waals surface area contributed by atoms with Crippen LogP contribution in [0.4, 0.5) is 0 Å². The molecule has 0 saturated heterocycles. The Morgan fingerprint density at radius 1 is 1.77 bits per heavy atom. The zero-order chi connectivity index (χ0) is 10.3. The van der Waals surface area contributed by atoms with Gasteiger partial charge in [0.15, 0.2) is 0 Å². The maximum Gasteiger partial charge on any atom is 0.348 e. The monoisotopic (exact) mass is 184 g/mol. The van der Waals surface area contributed by atoms with Gasteiger partial charge in [-0.25, -0.2) is 4.79 Å². The van der Waals surface area contributed by atoms with E-state index in [1.54, 1.807) is 6.92 Å². The van der Waals surface area contributed by atoms with Crippen LogP contribution in [0.5, 0.6) is 0 Å². The summed E-state index contributed by atoms with van der Waals surface area (Å²) in [4.78, 5) is 20.1. The van der Waals surface area contributed by atoms with Gasteiger partial charge in [-0.15, -0.1) is 0 Å². The van der Waals surface area contributed by atoms with Crippen LogP contribution in [0.15, 0.2) is 11.6 Å². The van der Waals surface area contributed by atoms with E-state index in [-0.39, 0.29) is 12.2 Å². The smallest absolute Gasteiger partial charge is 0.348 e. The van der Waals surface area contributed by atoms with E-state index >= 15 is 0 Å². The SMILES string of the molecule is CCOC(=O)C(C#N)=CC[N+](=O)[O-]. The van der Waals surface area contributed by atoms with Gasteiger partial charge < -0.3 is 4.74 Å². The lowest BCUT2D eigenvalue weighted by Gasteiger charge is -1.97. The van der Waals surface area contributed by atoms with Crippen molar-refractivity contribution in [2.24, 2.45) is 0 Å². The van der Waals surface area contributed by atoms with E-state index < -0.39 is 17.4 Å². The summed E-state index contributed by atoms with van der Waals surface area (Å²) in [5.74, 6) is -0.827. The molecule has 70 valence electrons. The molecule has 0 aliphatic heterocycles. The van der Waals surface area contributed by atoms with Crippen LogP contribution in [0, 0.1) is 21.4 Å². The van der Waals surface area contributed by atoms with Gasteiger partial charge in [-0.05, 0) is 6.92 Å². The van der Waals surface area contributed by atoms with E-state index in [0.717, 1.165) is 6.08 Å². The van der Waals surface area contributed by atoms with E-state index in [1.165, 1.54) is 6.07 Å². The number of hydrogen-bond acceptors (Lipinski definition) is 5. The zero-order valence-corrected chi connectivity index (χ0v) is 7.02. The lowest BCUT2D eigenvalue weighted by molar-refractivity contribution is -0.468. The number of carbonyl (C=O) groups excluding carboxylic acids is 1. The first-order valence-corrected chi connectivity index (χ1v) is 3.51. The first-order valence-electron chi connectivity index (χ1n) is 3.51. The highest BCUT2D eigenvalue weighted by Gasteiger charge is 2.10. The number of nitriles is 1. The summed E-state index contributed by atoms with van der Waals surface area (Å²) in [5.41, 5.74) is -0.335. The number of nitrogens with zero attached hydrogens (tertiary/aromatic N) is 2. The summed E-state index contributed by atoms with van der Waals surface area (Å²) in [6, 6.07) is 1.52. The maximum absolute atomic E-state index is 10.9. The topological polar surface area (TPSA) is 93.2 Å². The Kier molecular flexibility index (Phi) is 4.88. The third-order valence-corrected chi connectivity index (χ3v) is 1.06. The van der Waals surface area contributed by atoms with Gasteiger partial charge >= 0.3 is 5.97 Å². The Bertz CT molecular complexity index is 277. The minimum Gasteiger partial charge on any atom is -0.462 e. The quantitative estimate of drug-likeness (QED) is 0.205. The van der Waals surface area contributed by atoms with E-state index in [1.807, 2.05) is 0 Å². The third-order valence-electron chi connectivity index (χ3n) is 1.06. The molecule has 0 aromatic rings. The Balaban J connectivity index is 4.34. The van der Waals surface area contributed by atoms with Crippen LogP contribution in [-0.2, 0) is 9.53 Å². The van der Waals surface area contributed by atoms with Crippen molar-refractivity contribution in [2.45, 2.75) is 6.92 Å². The van der Waals surface area contributed by atoms with Crippen LogP contribution in [-0.4, -0.2) is 24.0 Å². The second-order valence-corrected chi connectivity index (χ2v) is 1.97. The third kappa shape index (κ3) is 4.53. The van der Waals surface area contributed by atoms with Gasteiger partial charge in [0.1, 0.15) is 11.6 Å². The van der Waals surface area contributed by atoms with Crippen LogP contribution in [0.2, 0.25) is 0 Å². The highest BCUT2D eigenvalue weighted by atomic mass is 16.6. The molecule has 6 nitrogen and oxygen atoms in total. The predicted octanol–water partition coefficient (Wildman–Crippen LogP) is 0.276. The molecule has 0 rings (SSSR count). The molecule has 0 radical (unpaired) electrons. The van der Waals surface area contributed by atoms with E-state index in [9.17, 15) is 14.9 Å². The molecule has 0 unspecified atom stereocenters. The average molecular weight is 184 g/mol. The normalized spacial score (nSPS) is 10.3. The molecule has 0 aliphatic carbocycles. The minimum atomic E-state index is -0.827. The molecule has 0 saturated carbocycles. The molecule has 0 bridgehead atoms. The summed E-state index contributed by atoms with van der Waals surface area (Å²) < 4.78 is 4.47. The van der Waals surface area contributed by atoms with Gasteiger partial charge in [-0.2, -0.15) is 5.26 Å². The van der Waals surface area contributed by atoms with E-state index in [2.05, 4.69) is 4.74 Å². The molecule has 0 aromatic heterocycles. The van der Waals surface area contributed by atoms with Crippen LogP contribution in [0.25, 0.3) is 0 Å². The Morgan fingerprint density at radius 2 is 2.38 bits per heavy atom.